The van der Waals surface area contributed by atoms with Gasteiger partial charge in [-0.05, 0) is 43.2 Å². The van der Waals surface area contributed by atoms with Crippen LogP contribution in [0.1, 0.15) is 18.5 Å². The van der Waals surface area contributed by atoms with Gasteiger partial charge in [-0.2, -0.15) is 0 Å². The number of hydrogen-bond acceptors (Lipinski definition) is 5. The number of nitro groups is 1. The molecular weight excluding hydrogens is 320 g/mol. The Bertz CT molecular complexity index is 913. The van der Waals surface area contributed by atoms with Crippen LogP contribution in [0.25, 0.3) is 10.9 Å². The summed E-state index contributed by atoms with van der Waals surface area (Å²) in [5.74, 6) is 0.314. The maximum Gasteiger partial charge on any atom is 0.270 e. The van der Waals surface area contributed by atoms with E-state index in [1.165, 1.54) is 12.1 Å². The van der Waals surface area contributed by atoms with E-state index < -0.39 is 4.92 Å². The number of nitrogens with zero attached hydrogens (tertiary/aromatic N) is 3. The lowest BCUT2D eigenvalue weighted by atomic mass is 10.1. The SMILES string of the molecule is O=C(CCCc1ccccn1)Nc1ccc2cc([N+](=O)[O-])ccc2n1. The van der Waals surface area contributed by atoms with Crippen molar-refractivity contribution in [1.29, 1.82) is 0 Å². The normalized spacial score (nSPS) is 10.6. The van der Waals surface area contributed by atoms with E-state index in [9.17, 15) is 14.9 Å². The molecule has 0 saturated heterocycles. The molecule has 0 bridgehead atoms. The number of rotatable bonds is 6. The number of carbonyl (C=O) groups excluding carboxylic acids is 1. The Morgan fingerprint density at radius 3 is 2.80 bits per heavy atom. The van der Waals surface area contributed by atoms with E-state index in [1.54, 1.807) is 24.4 Å². The molecule has 0 atom stereocenters. The van der Waals surface area contributed by atoms with Gasteiger partial charge in [0, 0.05) is 35.8 Å². The van der Waals surface area contributed by atoms with Crippen molar-refractivity contribution in [1.82, 2.24) is 9.97 Å². The van der Waals surface area contributed by atoms with Crippen LogP contribution in [0.2, 0.25) is 0 Å². The Morgan fingerprint density at radius 1 is 1.16 bits per heavy atom. The van der Waals surface area contributed by atoms with Crippen LogP contribution in [0.5, 0.6) is 0 Å². The summed E-state index contributed by atoms with van der Waals surface area (Å²) in [6.07, 6.45) is 3.54. The zero-order valence-corrected chi connectivity index (χ0v) is 13.4. The molecular formula is C18H16N4O3. The fourth-order valence-electron chi connectivity index (χ4n) is 2.48. The maximum atomic E-state index is 12.0. The standard InChI is InChI=1S/C18H16N4O3/c23-18(6-3-5-14-4-1-2-11-19-14)21-17-10-7-13-12-15(22(24)25)8-9-16(13)20-17/h1-2,4,7-12H,3,5-6H2,(H,20,21,23). The van der Waals surface area contributed by atoms with E-state index in [2.05, 4.69) is 15.3 Å². The number of aryl methyl sites for hydroxylation is 1. The van der Waals surface area contributed by atoms with E-state index in [1.807, 2.05) is 18.2 Å². The lowest BCUT2D eigenvalue weighted by Gasteiger charge is -2.06. The predicted octanol–water partition coefficient (Wildman–Crippen LogP) is 3.50. The minimum atomic E-state index is -0.448. The number of nitrogens with one attached hydrogen (secondary N) is 1. The number of non-ortho nitro benzene ring substituents is 1. The molecule has 0 aliphatic heterocycles. The van der Waals surface area contributed by atoms with Crippen molar-refractivity contribution >= 4 is 28.3 Å². The van der Waals surface area contributed by atoms with Gasteiger partial charge in [0.1, 0.15) is 5.82 Å². The molecule has 126 valence electrons. The Balaban J connectivity index is 1.59. The van der Waals surface area contributed by atoms with Gasteiger partial charge >= 0.3 is 0 Å². The number of nitro benzene ring substituents is 1. The van der Waals surface area contributed by atoms with Crippen LogP contribution in [-0.2, 0) is 11.2 Å². The highest BCUT2D eigenvalue weighted by Gasteiger charge is 2.08. The molecule has 0 aliphatic carbocycles. The molecule has 25 heavy (non-hydrogen) atoms. The van der Waals surface area contributed by atoms with Crippen LogP contribution in [0.3, 0.4) is 0 Å². The average Bonchev–Trinajstić information content (AvgIpc) is 2.62. The van der Waals surface area contributed by atoms with Crippen molar-refractivity contribution in [2.24, 2.45) is 0 Å². The smallest absolute Gasteiger partial charge is 0.270 e. The number of anilines is 1. The molecule has 2 heterocycles. The summed E-state index contributed by atoms with van der Waals surface area (Å²) in [7, 11) is 0. The second kappa shape index (κ2) is 7.48. The maximum absolute atomic E-state index is 12.0. The van der Waals surface area contributed by atoms with Gasteiger partial charge in [-0.25, -0.2) is 4.98 Å². The minimum Gasteiger partial charge on any atom is -0.311 e. The molecule has 0 fully saturated rings. The number of aromatic nitrogens is 2. The molecule has 0 unspecified atom stereocenters. The van der Waals surface area contributed by atoms with E-state index in [-0.39, 0.29) is 11.6 Å². The van der Waals surface area contributed by atoms with Crippen LogP contribution < -0.4 is 5.32 Å². The van der Waals surface area contributed by atoms with Gasteiger partial charge in [0.25, 0.3) is 5.69 Å². The Labute approximate surface area is 143 Å². The summed E-state index contributed by atoms with van der Waals surface area (Å²) >= 11 is 0. The molecule has 0 radical (unpaired) electrons. The van der Waals surface area contributed by atoms with Gasteiger partial charge < -0.3 is 5.32 Å². The van der Waals surface area contributed by atoms with Crippen LogP contribution in [0.4, 0.5) is 11.5 Å². The van der Waals surface area contributed by atoms with E-state index in [0.717, 1.165) is 12.1 Å². The molecule has 3 rings (SSSR count). The highest BCUT2D eigenvalue weighted by molar-refractivity contribution is 5.91. The van der Waals surface area contributed by atoms with Gasteiger partial charge in [0.15, 0.2) is 0 Å². The quantitative estimate of drug-likeness (QED) is 0.549. The summed E-state index contributed by atoms with van der Waals surface area (Å²) in [4.78, 5) is 30.9. The number of pyridine rings is 2. The Kier molecular flexibility index (Phi) is 4.94. The van der Waals surface area contributed by atoms with E-state index in [0.29, 0.717) is 29.6 Å². The molecule has 2 aromatic heterocycles. The zero-order chi connectivity index (χ0) is 17.6. The number of fused-ring (bicyclic) bond motifs is 1. The van der Waals surface area contributed by atoms with Gasteiger partial charge in [-0.15, -0.1) is 0 Å². The first-order chi connectivity index (χ1) is 12.1. The summed E-state index contributed by atoms with van der Waals surface area (Å²) in [5, 5.41) is 14.2. The largest absolute Gasteiger partial charge is 0.311 e. The van der Waals surface area contributed by atoms with Crippen LogP contribution in [0.15, 0.2) is 54.7 Å². The van der Waals surface area contributed by atoms with Crippen molar-refractivity contribution in [3.63, 3.8) is 0 Å². The number of benzene rings is 1. The molecule has 3 aromatic rings. The fourth-order valence-corrected chi connectivity index (χ4v) is 2.48. The molecule has 0 saturated carbocycles. The number of hydrogen-bond donors (Lipinski definition) is 1. The van der Waals surface area contributed by atoms with Crippen molar-refractivity contribution in [3.8, 4) is 0 Å². The van der Waals surface area contributed by atoms with Crippen LogP contribution >= 0.6 is 0 Å². The molecule has 7 heteroatoms. The van der Waals surface area contributed by atoms with Crippen molar-refractivity contribution in [2.45, 2.75) is 19.3 Å². The van der Waals surface area contributed by atoms with E-state index >= 15 is 0 Å². The highest BCUT2D eigenvalue weighted by Crippen LogP contribution is 2.21. The molecule has 1 amide bonds. The third-order valence-electron chi connectivity index (χ3n) is 3.71. The average molecular weight is 336 g/mol. The molecule has 0 spiro atoms. The monoisotopic (exact) mass is 336 g/mol. The van der Waals surface area contributed by atoms with Crippen molar-refractivity contribution in [2.75, 3.05) is 5.32 Å². The summed E-state index contributed by atoms with van der Waals surface area (Å²) in [5.41, 5.74) is 1.57. The zero-order valence-electron chi connectivity index (χ0n) is 13.4. The second-order valence-electron chi connectivity index (χ2n) is 5.55. The van der Waals surface area contributed by atoms with Gasteiger partial charge in [-0.3, -0.25) is 19.9 Å². The second-order valence-corrected chi connectivity index (χ2v) is 5.55. The van der Waals surface area contributed by atoms with Crippen molar-refractivity contribution < 1.29 is 9.72 Å². The van der Waals surface area contributed by atoms with E-state index in [4.69, 9.17) is 0 Å². The molecule has 1 N–H and O–H groups in total. The third-order valence-corrected chi connectivity index (χ3v) is 3.71. The number of carbonyl (C=O) groups is 1. The topological polar surface area (TPSA) is 98.0 Å². The first-order valence-corrected chi connectivity index (χ1v) is 7.87. The summed E-state index contributed by atoms with van der Waals surface area (Å²) < 4.78 is 0. The van der Waals surface area contributed by atoms with Crippen LogP contribution in [-0.4, -0.2) is 20.8 Å². The summed E-state index contributed by atoms with van der Waals surface area (Å²) in [6.45, 7) is 0. The van der Waals surface area contributed by atoms with Gasteiger partial charge in [0.2, 0.25) is 5.91 Å². The first-order valence-electron chi connectivity index (χ1n) is 7.87. The Morgan fingerprint density at radius 2 is 2.04 bits per heavy atom. The summed E-state index contributed by atoms with van der Waals surface area (Å²) in [6, 6.07) is 13.5. The van der Waals surface area contributed by atoms with Gasteiger partial charge in [-0.1, -0.05) is 6.07 Å². The Hall–Kier alpha value is -3.35. The fraction of sp³-hybridized carbons (Fsp3) is 0.167. The lowest BCUT2D eigenvalue weighted by molar-refractivity contribution is -0.384. The molecule has 1 aromatic carbocycles. The highest BCUT2D eigenvalue weighted by atomic mass is 16.6. The minimum absolute atomic E-state index is 0.0145. The predicted molar refractivity (Wildman–Crippen MR) is 94.2 cm³/mol. The number of amides is 1. The van der Waals surface area contributed by atoms with Crippen molar-refractivity contribution in [3.05, 3.63) is 70.5 Å². The molecule has 7 nitrogen and oxygen atoms in total. The first kappa shape index (κ1) is 16.5. The van der Waals surface area contributed by atoms with Gasteiger partial charge in [0.05, 0.1) is 10.4 Å². The lowest BCUT2D eigenvalue weighted by Crippen LogP contribution is -2.12. The van der Waals surface area contributed by atoms with Crippen LogP contribution in [0, 0.1) is 10.1 Å². The third kappa shape index (κ3) is 4.35. The molecule has 0 aliphatic rings.